The first-order valence-electron chi connectivity index (χ1n) is 11.7. The molecule has 2 aromatic heterocycles. The van der Waals surface area contributed by atoms with E-state index in [9.17, 15) is 9.59 Å². The number of amides is 2. The Labute approximate surface area is 183 Å². The minimum absolute atomic E-state index is 0.00493. The van der Waals surface area contributed by atoms with Crippen LogP contribution in [0.5, 0.6) is 0 Å². The van der Waals surface area contributed by atoms with Gasteiger partial charge in [0.2, 0.25) is 11.8 Å². The van der Waals surface area contributed by atoms with Crippen molar-refractivity contribution >= 4 is 28.5 Å². The Kier molecular flexibility index (Phi) is 4.83. The van der Waals surface area contributed by atoms with E-state index in [0.29, 0.717) is 23.4 Å². The molecule has 7 nitrogen and oxygen atoms in total. The third-order valence-electron chi connectivity index (χ3n) is 7.89. The largest absolute Gasteiger partial charge is 0.344 e. The van der Waals surface area contributed by atoms with Gasteiger partial charge in [-0.05, 0) is 75.2 Å². The van der Waals surface area contributed by atoms with E-state index in [1.54, 1.807) is 10.9 Å². The fraction of sp³-hybridized carbons (Fsp3) is 0.667. The zero-order valence-electron chi connectivity index (χ0n) is 18.9. The van der Waals surface area contributed by atoms with Crippen LogP contribution in [0.4, 0.5) is 5.69 Å². The molecule has 31 heavy (non-hydrogen) atoms. The molecule has 0 spiro atoms. The number of anilines is 1. The Hall–Kier alpha value is -2.44. The third kappa shape index (κ3) is 3.52. The van der Waals surface area contributed by atoms with Gasteiger partial charge in [-0.2, -0.15) is 5.10 Å². The Morgan fingerprint density at radius 1 is 1.13 bits per heavy atom. The lowest BCUT2D eigenvalue weighted by Gasteiger charge is -2.55. The van der Waals surface area contributed by atoms with E-state index in [2.05, 4.69) is 20.7 Å². The molecule has 0 unspecified atom stereocenters. The summed E-state index contributed by atoms with van der Waals surface area (Å²) in [5.41, 5.74) is 2.03. The summed E-state index contributed by atoms with van der Waals surface area (Å²) in [6.07, 6.45) is 8.53. The fourth-order valence-corrected chi connectivity index (χ4v) is 6.81. The average Bonchev–Trinajstić information content (AvgIpc) is 2.97. The first-order chi connectivity index (χ1) is 14.7. The number of hydrogen-bond acceptors (Lipinski definition) is 4. The maximum absolute atomic E-state index is 13.5. The SMILES string of the molecule is Cc1nn(C)c2ncc(NC(=O)[C@@H](NC(=O)C34CC5CC(CC(C5)C3)C4)C(C)C)cc12. The number of rotatable bonds is 5. The Morgan fingerprint density at radius 3 is 2.32 bits per heavy atom. The third-order valence-corrected chi connectivity index (χ3v) is 7.89. The Morgan fingerprint density at radius 2 is 1.74 bits per heavy atom. The summed E-state index contributed by atoms with van der Waals surface area (Å²) < 4.78 is 1.74. The van der Waals surface area contributed by atoms with Crippen molar-refractivity contribution in [1.29, 1.82) is 0 Å². The minimum Gasteiger partial charge on any atom is -0.344 e. The molecule has 0 aliphatic heterocycles. The van der Waals surface area contributed by atoms with Gasteiger partial charge in [-0.25, -0.2) is 4.98 Å². The van der Waals surface area contributed by atoms with Gasteiger partial charge in [0.25, 0.3) is 0 Å². The zero-order valence-corrected chi connectivity index (χ0v) is 18.9. The van der Waals surface area contributed by atoms with Crippen LogP contribution >= 0.6 is 0 Å². The number of aromatic nitrogens is 3. The fourth-order valence-electron chi connectivity index (χ4n) is 6.81. The molecule has 7 heteroatoms. The normalized spacial score (nSPS) is 30.0. The van der Waals surface area contributed by atoms with Gasteiger partial charge < -0.3 is 10.6 Å². The number of aryl methyl sites for hydroxylation is 2. The summed E-state index contributed by atoms with van der Waals surface area (Å²) >= 11 is 0. The number of carbonyl (C=O) groups is 2. The van der Waals surface area contributed by atoms with Crippen LogP contribution in [0, 0.1) is 36.0 Å². The molecule has 4 aliphatic rings. The molecule has 6 rings (SSSR count). The molecule has 166 valence electrons. The van der Waals surface area contributed by atoms with Crippen molar-refractivity contribution in [2.45, 2.75) is 65.3 Å². The quantitative estimate of drug-likeness (QED) is 0.769. The van der Waals surface area contributed by atoms with E-state index in [1.165, 1.54) is 19.3 Å². The van der Waals surface area contributed by atoms with Crippen molar-refractivity contribution in [2.24, 2.45) is 36.1 Å². The maximum atomic E-state index is 13.5. The maximum Gasteiger partial charge on any atom is 0.247 e. The second-order valence-electron chi connectivity index (χ2n) is 10.7. The molecule has 2 heterocycles. The molecule has 0 radical (unpaired) electrons. The number of pyridine rings is 1. The number of hydrogen-bond donors (Lipinski definition) is 2. The van der Waals surface area contributed by atoms with E-state index in [0.717, 1.165) is 36.0 Å². The topological polar surface area (TPSA) is 88.9 Å². The molecule has 1 atom stereocenters. The predicted octanol–water partition coefficient (Wildman–Crippen LogP) is 3.57. The summed E-state index contributed by atoms with van der Waals surface area (Å²) in [6.45, 7) is 5.89. The number of fused-ring (bicyclic) bond motifs is 1. The molecule has 4 aliphatic carbocycles. The van der Waals surface area contributed by atoms with Gasteiger partial charge in [0.1, 0.15) is 6.04 Å². The van der Waals surface area contributed by atoms with Gasteiger partial charge in [-0.3, -0.25) is 14.3 Å². The summed E-state index contributed by atoms with van der Waals surface area (Å²) in [4.78, 5) is 31.1. The lowest BCUT2D eigenvalue weighted by Crippen LogP contribution is -2.57. The van der Waals surface area contributed by atoms with Crippen molar-refractivity contribution in [1.82, 2.24) is 20.1 Å². The first-order valence-corrected chi connectivity index (χ1v) is 11.7. The van der Waals surface area contributed by atoms with E-state index in [-0.39, 0.29) is 23.1 Å². The second kappa shape index (κ2) is 7.31. The van der Waals surface area contributed by atoms with Crippen LogP contribution in [-0.2, 0) is 16.6 Å². The van der Waals surface area contributed by atoms with Crippen LogP contribution in [-0.4, -0.2) is 32.6 Å². The van der Waals surface area contributed by atoms with Crippen LogP contribution in [0.15, 0.2) is 12.3 Å². The van der Waals surface area contributed by atoms with E-state index in [4.69, 9.17) is 0 Å². The lowest BCUT2D eigenvalue weighted by molar-refractivity contribution is -0.148. The molecule has 4 bridgehead atoms. The molecule has 2 aromatic rings. The van der Waals surface area contributed by atoms with Crippen LogP contribution < -0.4 is 10.6 Å². The Balaban J connectivity index is 1.32. The van der Waals surface area contributed by atoms with E-state index >= 15 is 0 Å². The summed E-state index contributed by atoms with van der Waals surface area (Å²) in [6, 6.07) is 1.34. The molecule has 2 amide bonds. The van der Waals surface area contributed by atoms with Gasteiger partial charge >= 0.3 is 0 Å². The lowest BCUT2D eigenvalue weighted by atomic mass is 9.49. The van der Waals surface area contributed by atoms with Crippen LogP contribution in [0.3, 0.4) is 0 Å². The van der Waals surface area contributed by atoms with Crippen molar-refractivity contribution in [3.8, 4) is 0 Å². The minimum atomic E-state index is -0.564. The molecule has 2 N–H and O–H groups in total. The van der Waals surface area contributed by atoms with Gasteiger partial charge in [0, 0.05) is 17.8 Å². The monoisotopic (exact) mass is 423 g/mol. The highest BCUT2D eigenvalue weighted by Gasteiger charge is 2.55. The van der Waals surface area contributed by atoms with Crippen LogP contribution in [0.1, 0.15) is 58.1 Å². The van der Waals surface area contributed by atoms with Gasteiger partial charge in [-0.1, -0.05) is 13.8 Å². The summed E-state index contributed by atoms with van der Waals surface area (Å²) in [7, 11) is 1.86. The summed E-state index contributed by atoms with van der Waals surface area (Å²) in [5, 5.41) is 11.4. The van der Waals surface area contributed by atoms with Gasteiger partial charge in [0.05, 0.1) is 17.6 Å². The smallest absolute Gasteiger partial charge is 0.247 e. The van der Waals surface area contributed by atoms with E-state index in [1.807, 2.05) is 33.9 Å². The molecular formula is C24H33N5O2. The molecule has 0 aromatic carbocycles. The average molecular weight is 424 g/mol. The zero-order chi connectivity index (χ0) is 21.9. The number of nitrogens with zero attached hydrogens (tertiary/aromatic N) is 3. The van der Waals surface area contributed by atoms with Gasteiger partial charge in [0.15, 0.2) is 5.65 Å². The number of nitrogens with one attached hydrogen (secondary N) is 2. The van der Waals surface area contributed by atoms with Crippen molar-refractivity contribution in [3.05, 3.63) is 18.0 Å². The van der Waals surface area contributed by atoms with Crippen molar-refractivity contribution < 1.29 is 9.59 Å². The number of carbonyl (C=O) groups excluding carboxylic acids is 2. The van der Waals surface area contributed by atoms with Crippen LogP contribution in [0.25, 0.3) is 11.0 Å². The van der Waals surface area contributed by atoms with Crippen LogP contribution in [0.2, 0.25) is 0 Å². The molecule has 0 saturated heterocycles. The highest BCUT2D eigenvalue weighted by Crippen LogP contribution is 2.60. The highest BCUT2D eigenvalue weighted by atomic mass is 16.2. The first kappa shape index (κ1) is 20.5. The molecular weight excluding hydrogens is 390 g/mol. The standard InChI is InChI=1S/C24H33N5O2/c1-13(2)20(22(30)26-18-8-19-14(3)28-29(4)21(19)25-12-18)27-23(31)24-9-15-5-16(10-24)7-17(6-15)11-24/h8,12-13,15-17,20H,5-7,9-11H2,1-4H3,(H,26,30)(H,27,31)/t15?,16?,17?,20-,24?/m0/s1. The second-order valence-corrected chi connectivity index (χ2v) is 10.7. The highest BCUT2D eigenvalue weighted by molar-refractivity contribution is 5.99. The Bertz CT molecular complexity index is 1000. The summed E-state index contributed by atoms with van der Waals surface area (Å²) in [5.74, 6) is 2.00. The van der Waals surface area contributed by atoms with Crippen molar-refractivity contribution in [3.63, 3.8) is 0 Å². The molecule has 4 fully saturated rings. The predicted molar refractivity (Wildman–Crippen MR) is 119 cm³/mol. The van der Waals surface area contributed by atoms with Gasteiger partial charge in [-0.15, -0.1) is 0 Å². The molecule has 4 saturated carbocycles. The van der Waals surface area contributed by atoms with E-state index < -0.39 is 6.04 Å². The van der Waals surface area contributed by atoms with Crippen molar-refractivity contribution in [2.75, 3.05) is 5.32 Å².